The Morgan fingerprint density at radius 1 is 1.02 bits per heavy atom. The first-order valence-corrected chi connectivity index (χ1v) is 23.0. The Hall–Kier alpha value is -2.21. The van der Waals surface area contributed by atoms with Gasteiger partial charge >= 0.3 is 5.97 Å². The number of epoxide rings is 1. The highest BCUT2D eigenvalue weighted by atomic mass is 16.7. The lowest BCUT2D eigenvalue weighted by Crippen LogP contribution is -2.60. The molecule has 2 aliphatic heterocycles. The molecule has 0 aromatic carbocycles. The number of hydrogen-bond donors (Lipinski definition) is 5. The van der Waals surface area contributed by atoms with Gasteiger partial charge in [-0.05, 0) is 138 Å². The quantitative estimate of drug-likeness (QED) is 0.0399. The second-order valence-electron chi connectivity index (χ2n) is 19.6. The lowest BCUT2D eigenvalue weighted by molar-refractivity contribution is -0.161. The Balaban J connectivity index is 1.18. The Kier molecular flexibility index (Phi) is 13.7. The van der Waals surface area contributed by atoms with E-state index in [4.69, 9.17) is 9.47 Å². The molecule has 10 heteroatoms. The van der Waals surface area contributed by atoms with Gasteiger partial charge in [0.1, 0.15) is 0 Å². The van der Waals surface area contributed by atoms with Crippen molar-refractivity contribution in [2.45, 2.75) is 154 Å². The second-order valence-corrected chi connectivity index (χ2v) is 19.6. The number of Topliss-reactive ketones (excluding diaryl/α,β-unsaturated/α-hetero) is 2. The molecular formula is C47H74N4O6. The van der Waals surface area contributed by atoms with Gasteiger partial charge in [-0.25, -0.2) is 4.79 Å². The topological polar surface area (TPSA) is 141 Å². The minimum Gasteiger partial charge on any atom is -0.463 e. The van der Waals surface area contributed by atoms with Crippen LogP contribution in [0.1, 0.15) is 130 Å². The summed E-state index contributed by atoms with van der Waals surface area (Å²) in [5.41, 5.74) is -0.326. The maximum atomic E-state index is 15.1. The highest BCUT2D eigenvalue weighted by molar-refractivity contribution is 6.23. The van der Waals surface area contributed by atoms with Crippen molar-refractivity contribution in [1.82, 2.24) is 21.3 Å². The molecule has 0 amide bonds. The van der Waals surface area contributed by atoms with Gasteiger partial charge < -0.3 is 30.5 Å². The van der Waals surface area contributed by atoms with E-state index in [1.54, 1.807) is 0 Å². The summed E-state index contributed by atoms with van der Waals surface area (Å²) in [5, 5.41) is 25.2. The van der Waals surface area contributed by atoms with Gasteiger partial charge in [0, 0.05) is 36.9 Å². The van der Waals surface area contributed by atoms with Gasteiger partial charge in [0.05, 0.1) is 19.4 Å². The van der Waals surface area contributed by atoms with Crippen molar-refractivity contribution in [3.63, 3.8) is 0 Å². The molecule has 2 saturated heterocycles. The number of piperidine rings is 1. The van der Waals surface area contributed by atoms with E-state index in [1.165, 1.54) is 24.8 Å². The molecule has 318 valence electrons. The van der Waals surface area contributed by atoms with Gasteiger partial charge in [0.15, 0.2) is 17.2 Å². The van der Waals surface area contributed by atoms with E-state index in [0.29, 0.717) is 24.2 Å². The van der Waals surface area contributed by atoms with Crippen LogP contribution >= 0.6 is 0 Å². The summed E-state index contributed by atoms with van der Waals surface area (Å²) in [7, 11) is 1.96. The van der Waals surface area contributed by atoms with E-state index in [1.807, 2.05) is 7.05 Å². The third kappa shape index (κ3) is 8.31. The van der Waals surface area contributed by atoms with Crippen molar-refractivity contribution in [2.75, 3.05) is 40.0 Å². The summed E-state index contributed by atoms with van der Waals surface area (Å²) in [5.74, 6) is -0.693. The third-order valence-corrected chi connectivity index (χ3v) is 15.6. The van der Waals surface area contributed by atoms with Crippen LogP contribution in [-0.2, 0) is 23.9 Å². The minimum atomic E-state index is -1.96. The molecule has 7 rings (SSSR count). The minimum absolute atomic E-state index is 0.0311. The zero-order valence-corrected chi connectivity index (χ0v) is 35.8. The number of carbonyl (C=O) groups is 3. The number of aliphatic hydroxyl groups is 1. The number of fused-ring (bicyclic) bond motifs is 3. The predicted octanol–water partition coefficient (Wildman–Crippen LogP) is 6.29. The van der Waals surface area contributed by atoms with Gasteiger partial charge in [-0.3, -0.25) is 14.9 Å². The summed E-state index contributed by atoms with van der Waals surface area (Å²) in [4.78, 5) is 45.0. The van der Waals surface area contributed by atoms with E-state index < -0.39 is 29.0 Å². The zero-order valence-electron chi connectivity index (χ0n) is 35.8. The van der Waals surface area contributed by atoms with Crippen molar-refractivity contribution in [2.24, 2.45) is 46.8 Å². The van der Waals surface area contributed by atoms with E-state index in [-0.39, 0.29) is 60.7 Å². The van der Waals surface area contributed by atoms with Gasteiger partial charge in [-0.1, -0.05) is 70.3 Å². The Morgan fingerprint density at radius 3 is 2.56 bits per heavy atom. The van der Waals surface area contributed by atoms with Crippen LogP contribution in [0.3, 0.4) is 0 Å². The average Bonchev–Trinajstić information content (AvgIpc) is 3.92. The maximum absolute atomic E-state index is 15.1. The smallest absolute Gasteiger partial charge is 0.350 e. The van der Waals surface area contributed by atoms with Crippen molar-refractivity contribution < 1.29 is 29.0 Å². The van der Waals surface area contributed by atoms with Crippen molar-refractivity contribution in [1.29, 1.82) is 0 Å². The van der Waals surface area contributed by atoms with Crippen molar-refractivity contribution in [3.8, 4) is 0 Å². The number of likely N-dealkylation sites (N-methyl/N-ethyl adjacent to an activating group) is 1. The second kappa shape index (κ2) is 18.2. The molecule has 0 aromatic heterocycles. The number of nitrogens with one attached hydrogen (secondary N) is 4. The number of esters is 1. The van der Waals surface area contributed by atoms with Crippen LogP contribution in [0.2, 0.25) is 0 Å². The molecule has 2 heterocycles. The molecule has 0 radical (unpaired) electrons. The molecule has 5 fully saturated rings. The first-order chi connectivity index (χ1) is 27.5. The van der Waals surface area contributed by atoms with Gasteiger partial charge in [0.2, 0.25) is 0 Å². The molecule has 0 aromatic rings. The molecule has 7 aliphatic rings. The summed E-state index contributed by atoms with van der Waals surface area (Å²) < 4.78 is 12.8. The number of ether oxygens (including phenoxy) is 2. The maximum Gasteiger partial charge on any atom is 0.350 e. The van der Waals surface area contributed by atoms with Gasteiger partial charge in [-0.15, -0.1) is 0 Å². The monoisotopic (exact) mass is 791 g/mol. The summed E-state index contributed by atoms with van der Waals surface area (Å²) in [6.07, 6.45) is 22.2. The molecule has 10 nitrogen and oxygen atoms in total. The zero-order chi connectivity index (χ0) is 40.4. The van der Waals surface area contributed by atoms with Gasteiger partial charge in [-0.2, -0.15) is 0 Å². The van der Waals surface area contributed by atoms with Crippen molar-refractivity contribution in [3.05, 3.63) is 34.9 Å². The van der Waals surface area contributed by atoms with E-state index in [2.05, 4.69) is 67.2 Å². The highest BCUT2D eigenvalue weighted by Crippen LogP contribution is 2.63. The molecule has 10 atom stereocenters. The van der Waals surface area contributed by atoms with Crippen LogP contribution in [0.4, 0.5) is 0 Å². The highest BCUT2D eigenvalue weighted by Gasteiger charge is 2.87. The number of hydrogen-bond acceptors (Lipinski definition) is 10. The third-order valence-electron chi connectivity index (χ3n) is 15.6. The first kappa shape index (κ1) is 42.9. The fraction of sp³-hybridized carbons (Fsp3) is 0.809. The van der Waals surface area contributed by atoms with Crippen LogP contribution in [0.5, 0.6) is 0 Å². The fourth-order valence-corrected chi connectivity index (χ4v) is 12.8. The summed E-state index contributed by atoms with van der Waals surface area (Å²) in [6, 6.07) is 0.0500. The normalized spacial score (nSPS) is 37.8. The van der Waals surface area contributed by atoms with Gasteiger partial charge in [0.25, 0.3) is 5.60 Å². The van der Waals surface area contributed by atoms with Crippen LogP contribution in [0, 0.1) is 46.8 Å². The fourth-order valence-electron chi connectivity index (χ4n) is 12.8. The molecule has 5 aliphatic carbocycles. The Bertz CT molecular complexity index is 1570. The molecule has 5 N–H and O–H groups in total. The summed E-state index contributed by atoms with van der Waals surface area (Å²) in [6.45, 7) is 11.0. The average molecular weight is 791 g/mol. The molecule has 0 spiro atoms. The van der Waals surface area contributed by atoms with Crippen LogP contribution in [0.15, 0.2) is 34.9 Å². The molecule has 5 unspecified atom stereocenters. The van der Waals surface area contributed by atoms with Crippen molar-refractivity contribution >= 4 is 17.5 Å². The lowest BCUT2D eigenvalue weighted by Gasteiger charge is -2.48. The van der Waals surface area contributed by atoms with Crippen LogP contribution in [-0.4, -0.2) is 86.1 Å². The molecule has 3 saturated carbocycles. The standard InChI is InChI=1S/C47H74N4O6/c1-6-49-39-23-33-14-9-8-13-32(33)22-35(39)28-56-44(55)47-43(54)41-34(21-30(2)3)15-12-16-38(41)42(53)46(47,57-47)26-36(27-52)31(4)25-45(18-10-7-11-19-45)37-17-20-50-40(24-37)51-29-48-5/h9,14,23,30,32,34-35,37-41,48-52H,6-8,10-13,15-22,24-29H2,1-5H3/t32-,34?,35-,37?,38?,39-,40?,41?,46-,47-/m0/s1. The van der Waals surface area contributed by atoms with E-state index >= 15 is 9.59 Å². The summed E-state index contributed by atoms with van der Waals surface area (Å²) >= 11 is 0. The van der Waals surface area contributed by atoms with E-state index in [9.17, 15) is 9.90 Å². The Morgan fingerprint density at radius 2 is 1.82 bits per heavy atom. The van der Waals surface area contributed by atoms with Crippen LogP contribution < -0.4 is 21.3 Å². The number of ketones is 2. The van der Waals surface area contributed by atoms with E-state index in [0.717, 1.165) is 102 Å². The lowest BCUT2D eigenvalue weighted by atomic mass is 9.56. The van der Waals surface area contributed by atoms with Crippen LogP contribution in [0.25, 0.3) is 0 Å². The first-order valence-electron chi connectivity index (χ1n) is 23.0. The number of carbonyl (C=O) groups excluding carboxylic acids is 3. The number of rotatable bonds is 16. The largest absolute Gasteiger partial charge is 0.463 e. The predicted molar refractivity (Wildman–Crippen MR) is 223 cm³/mol. The number of allylic oxidation sites excluding steroid dienone is 4. The Labute approximate surface area is 342 Å². The molecular weight excluding hydrogens is 717 g/mol. The SMILES string of the molecule is CCN[C@H]1C=C2C=CCC[C@H]2C[C@H]1COC(=O)[C@]12O[C@@]1(CC(CO)=C(C)CC1(C3CCNC(NCNC)C3)CCCCC1)C(=O)C1CCCC(CC(C)C)C1C2=O. The molecule has 57 heavy (non-hydrogen) atoms. The molecule has 0 bridgehead atoms. The number of aliphatic hydroxyl groups excluding tert-OH is 1.